The molecule has 2 fully saturated rings. The van der Waals surface area contributed by atoms with Crippen LogP contribution in [0, 0.1) is 0 Å². The minimum Gasteiger partial charge on any atom is -0.355 e. The van der Waals surface area contributed by atoms with Crippen LogP contribution in [-0.4, -0.2) is 85.1 Å². The SMILES string of the molecule is CN=C(NCCN1CCC1)N1CCN(c2ncccn2)CC1.I. The zero-order valence-electron chi connectivity index (χ0n) is 13.7. The number of halogens is 1. The second-order valence-corrected chi connectivity index (χ2v) is 5.69. The lowest BCUT2D eigenvalue weighted by molar-refractivity contribution is 0.184. The zero-order chi connectivity index (χ0) is 15.2. The van der Waals surface area contributed by atoms with E-state index in [0.29, 0.717) is 0 Å². The Hall–Kier alpha value is -1.16. The summed E-state index contributed by atoms with van der Waals surface area (Å²) < 4.78 is 0. The third kappa shape index (κ3) is 4.90. The molecule has 3 heterocycles. The number of hydrogen-bond acceptors (Lipinski definition) is 5. The lowest BCUT2D eigenvalue weighted by Crippen LogP contribution is -2.54. The third-order valence-electron chi connectivity index (χ3n) is 4.29. The van der Waals surface area contributed by atoms with Crippen molar-refractivity contribution in [1.82, 2.24) is 25.1 Å². The first kappa shape index (κ1) is 18.2. The minimum atomic E-state index is 0. The summed E-state index contributed by atoms with van der Waals surface area (Å²) in [6.07, 6.45) is 4.94. The molecule has 23 heavy (non-hydrogen) atoms. The van der Waals surface area contributed by atoms with E-state index in [0.717, 1.165) is 51.2 Å². The first-order valence-corrected chi connectivity index (χ1v) is 8.07. The van der Waals surface area contributed by atoms with Crippen molar-refractivity contribution in [1.29, 1.82) is 0 Å². The Balaban J connectivity index is 0.00000192. The molecular weight excluding hydrogens is 405 g/mol. The molecule has 0 atom stereocenters. The third-order valence-corrected chi connectivity index (χ3v) is 4.29. The van der Waals surface area contributed by atoms with E-state index in [2.05, 4.69) is 35.0 Å². The van der Waals surface area contributed by atoms with Gasteiger partial charge in [-0.3, -0.25) is 4.99 Å². The molecule has 1 aromatic heterocycles. The molecule has 2 aliphatic rings. The molecule has 7 nitrogen and oxygen atoms in total. The number of hydrogen-bond donors (Lipinski definition) is 1. The van der Waals surface area contributed by atoms with Crippen LogP contribution in [0.1, 0.15) is 6.42 Å². The van der Waals surface area contributed by atoms with Crippen LogP contribution in [0.2, 0.25) is 0 Å². The first-order valence-electron chi connectivity index (χ1n) is 8.07. The van der Waals surface area contributed by atoms with Crippen molar-refractivity contribution in [2.75, 3.05) is 64.3 Å². The molecule has 128 valence electrons. The van der Waals surface area contributed by atoms with Gasteiger partial charge in [0.1, 0.15) is 0 Å². The van der Waals surface area contributed by atoms with E-state index in [1.807, 2.05) is 13.1 Å². The molecule has 0 spiro atoms. The molecule has 8 heteroatoms. The van der Waals surface area contributed by atoms with Crippen molar-refractivity contribution in [3.05, 3.63) is 18.5 Å². The molecule has 0 aliphatic carbocycles. The Bertz CT molecular complexity index is 484. The Morgan fingerprint density at radius 3 is 2.39 bits per heavy atom. The van der Waals surface area contributed by atoms with Gasteiger partial charge in [-0.2, -0.15) is 0 Å². The van der Waals surface area contributed by atoms with Crippen LogP contribution >= 0.6 is 24.0 Å². The summed E-state index contributed by atoms with van der Waals surface area (Å²) in [5, 5.41) is 3.48. The fraction of sp³-hybridized carbons (Fsp3) is 0.667. The highest BCUT2D eigenvalue weighted by Gasteiger charge is 2.21. The maximum Gasteiger partial charge on any atom is 0.225 e. The van der Waals surface area contributed by atoms with Crippen molar-refractivity contribution >= 4 is 35.9 Å². The largest absolute Gasteiger partial charge is 0.355 e. The average molecular weight is 431 g/mol. The molecule has 3 rings (SSSR count). The summed E-state index contributed by atoms with van der Waals surface area (Å²) in [5.74, 6) is 1.83. The summed E-state index contributed by atoms with van der Waals surface area (Å²) >= 11 is 0. The Morgan fingerprint density at radius 2 is 1.83 bits per heavy atom. The average Bonchev–Trinajstić information content (AvgIpc) is 2.54. The molecular formula is C15H26IN7. The van der Waals surface area contributed by atoms with Gasteiger partial charge in [-0.1, -0.05) is 0 Å². The Labute approximate surface area is 155 Å². The smallest absolute Gasteiger partial charge is 0.225 e. The Morgan fingerprint density at radius 1 is 1.13 bits per heavy atom. The summed E-state index contributed by atoms with van der Waals surface area (Å²) in [4.78, 5) is 20.1. The molecule has 0 aromatic carbocycles. The van der Waals surface area contributed by atoms with Crippen molar-refractivity contribution in [2.45, 2.75) is 6.42 Å². The number of aliphatic imine (C=N–C) groups is 1. The monoisotopic (exact) mass is 431 g/mol. The summed E-state index contributed by atoms with van der Waals surface area (Å²) in [5.41, 5.74) is 0. The van der Waals surface area contributed by atoms with E-state index < -0.39 is 0 Å². The van der Waals surface area contributed by atoms with Gasteiger partial charge < -0.3 is 20.0 Å². The molecule has 1 aromatic rings. The van der Waals surface area contributed by atoms with Crippen LogP contribution in [0.15, 0.2) is 23.5 Å². The van der Waals surface area contributed by atoms with Crippen molar-refractivity contribution in [3.8, 4) is 0 Å². The number of anilines is 1. The van der Waals surface area contributed by atoms with E-state index in [9.17, 15) is 0 Å². The van der Waals surface area contributed by atoms with Gasteiger partial charge in [0.2, 0.25) is 5.95 Å². The predicted octanol–water partition coefficient (Wildman–Crippen LogP) is 0.498. The van der Waals surface area contributed by atoms with Crippen molar-refractivity contribution < 1.29 is 0 Å². The molecule has 0 radical (unpaired) electrons. The second kappa shape index (κ2) is 9.21. The highest BCUT2D eigenvalue weighted by Crippen LogP contribution is 2.09. The van der Waals surface area contributed by atoms with Gasteiger partial charge in [-0.15, -0.1) is 24.0 Å². The number of piperazine rings is 1. The van der Waals surface area contributed by atoms with Gasteiger partial charge in [0.25, 0.3) is 0 Å². The van der Waals surface area contributed by atoms with E-state index >= 15 is 0 Å². The van der Waals surface area contributed by atoms with Crippen LogP contribution in [0.4, 0.5) is 5.95 Å². The fourth-order valence-electron chi connectivity index (χ4n) is 2.84. The maximum atomic E-state index is 4.41. The lowest BCUT2D eigenvalue weighted by Gasteiger charge is -2.37. The quantitative estimate of drug-likeness (QED) is 0.426. The standard InChI is InChI=1S/C15H25N7.HI/c1-16-14(19-6-9-20-7-3-8-20)21-10-12-22(13-11-21)15-17-4-2-5-18-15;/h2,4-5H,3,6-13H2,1H3,(H,16,19);1H. The van der Waals surface area contributed by atoms with E-state index in [1.165, 1.54) is 19.5 Å². The highest BCUT2D eigenvalue weighted by molar-refractivity contribution is 14.0. The van der Waals surface area contributed by atoms with E-state index in [4.69, 9.17) is 0 Å². The Kier molecular flexibility index (Phi) is 7.28. The van der Waals surface area contributed by atoms with Crippen LogP contribution in [0.3, 0.4) is 0 Å². The minimum absolute atomic E-state index is 0. The second-order valence-electron chi connectivity index (χ2n) is 5.69. The summed E-state index contributed by atoms with van der Waals surface area (Å²) in [6, 6.07) is 1.85. The highest BCUT2D eigenvalue weighted by atomic mass is 127. The van der Waals surface area contributed by atoms with Crippen LogP contribution in [0.5, 0.6) is 0 Å². The molecule has 0 unspecified atom stereocenters. The van der Waals surface area contributed by atoms with Crippen molar-refractivity contribution in [3.63, 3.8) is 0 Å². The van der Waals surface area contributed by atoms with Crippen molar-refractivity contribution in [2.24, 2.45) is 4.99 Å². The lowest BCUT2D eigenvalue weighted by atomic mass is 10.2. The van der Waals surface area contributed by atoms with Crippen LogP contribution < -0.4 is 10.2 Å². The summed E-state index contributed by atoms with van der Waals surface area (Å²) in [6.45, 7) is 8.31. The van der Waals surface area contributed by atoms with Gasteiger partial charge in [0.05, 0.1) is 0 Å². The normalized spacial score (nSPS) is 19.1. The predicted molar refractivity (Wildman–Crippen MR) is 104 cm³/mol. The molecule has 0 bridgehead atoms. The number of likely N-dealkylation sites (tertiary alicyclic amines) is 1. The van der Waals surface area contributed by atoms with Gasteiger partial charge >= 0.3 is 0 Å². The number of nitrogens with one attached hydrogen (secondary N) is 1. The zero-order valence-corrected chi connectivity index (χ0v) is 16.0. The van der Waals surface area contributed by atoms with Gasteiger partial charge in [-0.05, 0) is 25.6 Å². The topological polar surface area (TPSA) is 59.9 Å². The molecule has 0 amide bonds. The number of aromatic nitrogens is 2. The number of rotatable bonds is 4. The van der Waals surface area contributed by atoms with Crippen LogP contribution in [0.25, 0.3) is 0 Å². The number of guanidine groups is 1. The molecule has 2 saturated heterocycles. The molecule has 0 saturated carbocycles. The fourth-order valence-corrected chi connectivity index (χ4v) is 2.84. The maximum absolute atomic E-state index is 4.41. The van der Waals surface area contributed by atoms with Gasteiger partial charge in [-0.25, -0.2) is 9.97 Å². The molecule has 2 aliphatic heterocycles. The van der Waals surface area contributed by atoms with Gasteiger partial charge in [0, 0.05) is 58.7 Å². The van der Waals surface area contributed by atoms with Gasteiger partial charge in [0.15, 0.2) is 5.96 Å². The van der Waals surface area contributed by atoms with E-state index in [-0.39, 0.29) is 24.0 Å². The molecule has 1 N–H and O–H groups in total. The number of nitrogens with zero attached hydrogens (tertiary/aromatic N) is 6. The van der Waals surface area contributed by atoms with Crippen LogP contribution in [-0.2, 0) is 0 Å². The first-order chi connectivity index (χ1) is 10.9. The van der Waals surface area contributed by atoms with E-state index in [1.54, 1.807) is 12.4 Å². The summed E-state index contributed by atoms with van der Waals surface area (Å²) in [7, 11) is 1.86.